The largest absolute Gasteiger partial charge is 3.00 e. The molecule has 23 heavy (non-hydrogen) atoms. The molecule has 0 aromatic heterocycles. The fraction of sp³-hybridized carbons (Fsp3) is 0.263. The number of hydrogen-bond acceptors (Lipinski definition) is 1. The van der Waals surface area contributed by atoms with Crippen molar-refractivity contribution in [3.8, 4) is 0 Å². The fourth-order valence-electron chi connectivity index (χ4n) is 3.02. The normalized spacial score (nSPS) is 16.4. The smallest absolute Gasteiger partial charge is 1.00 e. The van der Waals surface area contributed by atoms with Crippen molar-refractivity contribution in [2.24, 2.45) is 0 Å². The predicted octanol–water partition coefficient (Wildman–Crippen LogP) is -1.78. The summed E-state index contributed by atoms with van der Waals surface area (Å²) in [6.07, 6.45) is 12.9. The van der Waals surface area contributed by atoms with Gasteiger partial charge in [-0.05, 0) is 19.3 Å². The Morgan fingerprint density at radius 3 is 2.65 bits per heavy atom. The number of aliphatic hydroxyl groups excluding tert-OH is 1. The Labute approximate surface area is 170 Å². The van der Waals surface area contributed by atoms with Gasteiger partial charge in [-0.3, -0.25) is 0 Å². The summed E-state index contributed by atoms with van der Waals surface area (Å²) in [5.41, 5.74) is 7.74. The van der Waals surface area contributed by atoms with Gasteiger partial charge in [0, 0.05) is 6.61 Å². The van der Waals surface area contributed by atoms with E-state index in [4.69, 9.17) is 5.11 Å². The summed E-state index contributed by atoms with van der Waals surface area (Å²) in [4.78, 5) is 0. The van der Waals surface area contributed by atoms with Crippen LogP contribution in [0.4, 0.5) is 0 Å². The van der Waals surface area contributed by atoms with Gasteiger partial charge >= 0.3 is 26.2 Å². The zero-order valence-electron chi connectivity index (χ0n) is 13.1. The maximum atomic E-state index is 9.04. The van der Waals surface area contributed by atoms with Gasteiger partial charge in [0.05, 0.1) is 0 Å². The van der Waals surface area contributed by atoms with Crippen molar-refractivity contribution in [2.45, 2.75) is 26.2 Å². The summed E-state index contributed by atoms with van der Waals surface area (Å²) in [6, 6.07) is 8.44. The average Bonchev–Trinajstić information content (AvgIpc) is 3.08. The van der Waals surface area contributed by atoms with E-state index in [0.717, 1.165) is 19.3 Å². The van der Waals surface area contributed by atoms with Crippen molar-refractivity contribution < 1.29 is 56.1 Å². The van der Waals surface area contributed by atoms with Crippen LogP contribution < -0.4 is 24.8 Å². The van der Waals surface area contributed by atoms with E-state index in [1.807, 2.05) is 0 Å². The van der Waals surface area contributed by atoms with Crippen molar-refractivity contribution in [1.82, 2.24) is 0 Å². The molecule has 1 radical (unpaired) electrons. The van der Waals surface area contributed by atoms with Crippen LogP contribution in [0.3, 0.4) is 0 Å². The minimum atomic E-state index is 0. The summed E-state index contributed by atoms with van der Waals surface area (Å²) >= 11 is 0. The van der Waals surface area contributed by atoms with Crippen molar-refractivity contribution >= 4 is 5.57 Å². The molecule has 1 aromatic carbocycles. The summed E-state index contributed by atoms with van der Waals surface area (Å²) in [5.74, 6) is 0. The SMILES string of the molecule is CC=C1C(C2=C(CCCO)C=CC2)=[C-]c2ccccc21.[Cl-].[Cl-].[Zr+3]. The Morgan fingerprint density at radius 1 is 1.22 bits per heavy atom. The van der Waals surface area contributed by atoms with E-state index in [1.165, 1.54) is 33.4 Å². The van der Waals surface area contributed by atoms with Crippen LogP contribution in [0.25, 0.3) is 5.57 Å². The monoisotopic (exact) mass is 423 g/mol. The molecule has 0 fully saturated rings. The Balaban J connectivity index is 0.00000161. The van der Waals surface area contributed by atoms with Gasteiger partial charge in [-0.1, -0.05) is 48.4 Å². The van der Waals surface area contributed by atoms with E-state index in [9.17, 15) is 0 Å². The topological polar surface area (TPSA) is 20.2 Å². The van der Waals surface area contributed by atoms with Crippen LogP contribution in [0.1, 0.15) is 37.3 Å². The molecule has 0 saturated heterocycles. The number of allylic oxidation sites excluding steroid dienone is 7. The van der Waals surface area contributed by atoms with Crippen molar-refractivity contribution in [2.75, 3.05) is 6.61 Å². The average molecular weight is 425 g/mol. The summed E-state index contributed by atoms with van der Waals surface area (Å²) in [5, 5.41) is 9.04. The molecule has 1 N–H and O–H groups in total. The van der Waals surface area contributed by atoms with E-state index in [0.29, 0.717) is 0 Å². The summed E-state index contributed by atoms with van der Waals surface area (Å²) in [7, 11) is 0. The first-order chi connectivity index (χ1) is 9.85. The minimum absolute atomic E-state index is 0. The van der Waals surface area contributed by atoms with Crippen molar-refractivity contribution in [3.63, 3.8) is 0 Å². The first kappa shape index (κ1) is 22.6. The molecule has 4 heteroatoms. The second-order valence-electron chi connectivity index (χ2n) is 5.19. The Morgan fingerprint density at radius 2 is 1.96 bits per heavy atom. The molecule has 0 atom stereocenters. The van der Waals surface area contributed by atoms with Gasteiger partial charge in [0.1, 0.15) is 0 Å². The van der Waals surface area contributed by atoms with Crippen LogP contribution in [0.2, 0.25) is 0 Å². The molecule has 2 aliphatic rings. The second kappa shape index (κ2) is 10.5. The first-order valence-electron chi connectivity index (χ1n) is 7.25. The molecule has 2 aliphatic carbocycles. The third-order valence-corrected chi connectivity index (χ3v) is 3.97. The van der Waals surface area contributed by atoms with Crippen LogP contribution in [0.5, 0.6) is 0 Å². The summed E-state index contributed by atoms with van der Waals surface area (Å²) in [6.45, 7) is 2.35. The third kappa shape index (κ3) is 4.57. The molecule has 119 valence electrons. The van der Waals surface area contributed by atoms with Gasteiger partial charge in [-0.2, -0.15) is 0 Å². The van der Waals surface area contributed by atoms with Gasteiger partial charge in [0.2, 0.25) is 0 Å². The van der Waals surface area contributed by atoms with E-state index in [-0.39, 0.29) is 57.6 Å². The van der Waals surface area contributed by atoms with E-state index >= 15 is 0 Å². The molecular formula is C19H19Cl2OZr. The van der Waals surface area contributed by atoms with Crippen LogP contribution in [0.15, 0.2) is 59.2 Å². The van der Waals surface area contributed by atoms with Crippen LogP contribution in [-0.2, 0) is 26.2 Å². The molecule has 1 nitrogen and oxygen atoms in total. The first-order valence-corrected chi connectivity index (χ1v) is 7.25. The quantitative estimate of drug-likeness (QED) is 0.566. The molecule has 0 saturated carbocycles. The number of aliphatic hydroxyl groups is 1. The predicted molar refractivity (Wildman–Crippen MR) is 83.1 cm³/mol. The molecule has 0 amide bonds. The standard InChI is InChI=1S/C19H19O.2ClH.Zr/c1-2-16-18-10-4-3-7-15(18)13-19(16)17-11-5-8-14(17)9-6-12-20;;;/h2-5,7-8,10,20H,6,9,11-12H2,1H3;2*1H;/q-1;;;+3/p-2. The third-order valence-electron chi connectivity index (χ3n) is 3.97. The Hall–Kier alpha value is -0.397. The zero-order chi connectivity index (χ0) is 13.9. The number of halogens is 2. The number of benzene rings is 1. The molecule has 0 bridgehead atoms. The van der Waals surface area contributed by atoms with Crippen LogP contribution in [0, 0.1) is 6.08 Å². The Kier molecular flexibility index (Phi) is 10.3. The zero-order valence-corrected chi connectivity index (χ0v) is 17.0. The van der Waals surface area contributed by atoms with E-state index in [2.05, 4.69) is 55.5 Å². The maximum absolute atomic E-state index is 9.04. The molecule has 0 aliphatic heterocycles. The summed E-state index contributed by atoms with van der Waals surface area (Å²) < 4.78 is 0. The van der Waals surface area contributed by atoms with Crippen LogP contribution >= 0.6 is 0 Å². The van der Waals surface area contributed by atoms with E-state index < -0.39 is 0 Å². The molecular weight excluding hydrogens is 406 g/mol. The minimum Gasteiger partial charge on any atom is -1.00 e. The van der Waals surface area contributed by atoms with Gasteiger partial charge in [0.25, 0.3) is 0 Å². The molecule has 0 spiro atoms. The molecule has 3 rings (SSSR count). The van der Waals surface area contributed by atoms with Crippen LogP contribution in [-0.4, -0.2) is 11.7 Å². The number of fused-ring (bicyclic) bond motifs is 1. The van der Waals surface area contributed by atoms with Gasteiger partial charge in [0.15, 0.2) is 0 Å². The van der Waals surface area contributed by atoms with Crippen molar-refractivity contribution in [1.29, 1.82) is 0 Å². The molecule has 0 unspecified atom stereocenters. The maximum Gasteiger partial charge on any atom is 3.00 e. The van der Waals surface area contributed by atoms with E-state index in [1.54, 1.807) is 0 Å². The number of hydrogen-bond donors (Lipinski definition) is 1. The molecule has 0 heterocycles. The Bertz CT molecular complexity index is 657. The second-order valence-corrected chi connectivity index (χ2v) is 5.19. The number of rotatable bonds is 4. The fourth-order valence-corrected chi connectivity index (χ4v) is 3.02. The van der Waals surface area contributed by atoms with Gasteiger partial charge < -0.3 is 29.9 Å². The van der Waals surface area contributed by atoms with Gasteiger partial charge in [-0.25, -0.2) is 0 Å². The molecule has 1 aromatic rings. The van der Waals surface area contributed by atoms with Gasteiger partial charge in [-0.15, -0.1) is 40.5 Å². The van der Waals surface area contributed by atoms with Crippen molar-refractivity contribution in [3.05, 3.63) is 76.4 Å².